The first-order valence-corrected chi connectivity index (χ1v) is 11.1. The lowest BCUT2D eigenvalue weighted by molar-refractivity contribution is -0.134. The average Bonchev–Trinajstić information content (AvgIpc) is 3.30. The molecule has 0 aliphatic carbocycles. The molecule has 0 spiro atoms. The number of ketones is 1. The van der Waals surface area contributed by atoms with Crippen LogP contribution in [0, 0.1) is 0 Å². The highest BCUT2D eigenvalue weighted by Crippen LogP contribution is 2.40. The Kier molecular flexibility index (Phi) is 6.08. The second-order valence-corrected chi connectivity index (χ2v) is 8.75. The number of anilines is 2. The first-order valence-electron chi connectivity index (χ1n) is 10.2. The summed E-state index contributed by atoms with van der Waals surface area (Å²) >= 11 is 1.25. The van der Waals surface area contributed by atoms with Gasteiger partial charge in [0.05, 0.1) is 5.69 Å². The number of benzene rings is 2. The third-order valence-electron chi connectivity index (χ3n) is 5.39. The number of carbonyl (C=O) groups is 4. The number of amides is 3. The summed E-state index contributed by atoms with van der Waals surface area (Å²) in [5.74, 6) is -1.07. The molecule has 1 fully saturated rings. The van der Waals surface area contributed by atoms with Crippen molar-refractivity contribution in [2.75, 3.05) is 29.9 Å². The van der Waals surface area contributed by atoms with Crippen LogP contribution in [0.2, 0.25) is 0 Å². The highest BCUT2D eigenvalue weighted by atomic mass is 32.2. The normalized spacial score (nSPS) is 18.0. The lowest BCUT2D eigenvalue weighted by Crippen LogP contribution is -2.51. The van der Waals surface area contributed by atoms with Crippen molar-refractivity contribution in [3.8, 4) is 0 Å². The topological polar surface area (TPSA) is 86.8 Å². The highest BCUT2D eigenvalue weighted by Gasteiger charge is 2.41. The van der Waals surface area contributed by atoms with Gasteiger partial charge in [-0.2, -0.15) is 0 Å². The standard InChI is InChI=1S/C23H23N3O4S/c1-15(27)16-7-6-8-17(13-16)24-20(28)14-26-18-9-2-3-10-19(18)31-21(23(26)30)22(29)25-11-4-5-12-25/h2-3,6-10,13,21H,4-5,11-12,14H2,1H3,(H,24,28)/t21-/m1/s1. The van der Waals surface area contributed by atoms with Gasteiger partial charge in [-0.3, -0.25) is 19.2 Å². The predicted octanol–water partition coefficient (Wildman–Crippen LogP) is 2.96. The number of nitrogens with one attached hydrogen (secondary N) is 1. The maximum absolute atomic E-state index is 13.3. The van der Waals surface area contributed by atoms with E-state index in [1.54, 1.807) is 41.3 Å². The van der Waals surface area contributed by atoms with E-state index in [1.165, 1.54) is 23.6 Å². The van der Waals surface area contributed by atoms with E-state index in [2.05, 4.69) is 5.32 Å². The molecule has 160 valence electrons. The molecule has 2 aliphatic heterocycles. The van der Waals surface area contributed by atoms with Crippen LogP contribution in [-0.4, -0.2) is 53.3 Å². The second kappa shape index (κ2) is 8.93. The first-order chi connectivity index (χ1) is 14.9. The van der Waals surface area contributed by atoms with Crippen LogP contribution in [0.3, 0.4) is 0 Å². The van der Waals surface area contributed by atoms with Crippen molar-refractivity contribution >= 4 is 46.6 Å². The second-order valence-electron chi connectivity index (χ2n) is 7.61. The lowest BCUT2D eigenvalue weighted by Gasteiger charge is -2.34. The Labute approximate surface area is 184 Å². The number of thioether (sulfide) groups is 1. The highest BCUT2D eigenvalue weighted by molar-refractivity contribution is 8.01. The summed E-state index contributed by atoms with van der Waals surface area (Å²) in [6.45, 7) is 2.57. The molecule has 0 radical (unpaired) electrons. The Balaban J connectivity index is 1.55. The third-order valence-corrected chi connectivity index (χ3v) is 6.63. The first kappa shape index (κ1) is 21.1. The SMILES string of the molecule is CC(=O)c1cccc(NC(=O)CN2C(=O)[C@@H](C(=O)N3CCCC3)Sc3ccccc32)c1. The van der Waals surface area contributed by atoms with E-state index >= 15 is 0 Å². The molecule has 1 atom stereocenters. The Bertz CT molecular complexity index is 1050. The van der Waals surface area contributed by atoms with E-state index < -0.39 is 11.2 Å². The maximum Gasteiger partial charge on any atom is 0.250 e. The van der Waals surface area contributed by atoms with Gasteiger partial charge in [0.25, 0.3) is 5.91 Å². The number of hydrogen-bond donors (Lipinski definition) is 1. The molecule has 3 amide bonds. The number of hydrogen-bond acceptors (Lipinski definition) is 5. The van der Waals surface area contributed by atoms with Crippen LogP contribution in [0.25, 0.3) is 0 Å². The molecule has 4 rings (SSSR count). The minimum absolute atomic E-state index is 0.100. The molecule has 0 bridgehead atoms. The smallest absolute Gasteiger partial charge is 0.250 e. The monoisotopic (exact) mass is 437 g/mol. The Morgan fingerprint density at radius 2 is 1.81 bits per heavy atom. The number of likely N-dealkylation sites (tertiary alicyclic amines) is 1. The summed E-state index contributed by atoms with van der Waals surface area (Å²) in [5.41, 5.74) is 1.59. The van der Waals surface area contributed by atoms with Gasteiger partial charge in [-0.1, -0.05) is 24.3 Å². The van der Waals surface area contributed by atoms with Gasteiger partial charge in [0.1, 0.15) is 6.54 Å². The molecule has 2 aliphatic rings. The number of nitrogens with zero attached hydrogens (tertiary/aromatic N) is 2. The number of para-hydroxylation sites is 1. The fourth-order valence-corrected chi connectivity index (χ4v) is 4.99. The van der Waals surface area contributed by atoms with Gasteiger partial charge >= 0.3 is 0 Å². The van der Waals surface area contributed by atoms with Crippen LogP contribution < -0.4 is 10.2 Å². The molecule has 0 saturated carbocycles. The number of rotatable bonds is 5. The molecule has 7 nitrogen and oxygen atoms in total. The fraction of sp³-hybridized carbons (Fsp3) is 0.304. The Morgan fingerprint density at radius 1 is 1.06 bits per heavy atom. The van der Waals surface area contributed by atoms with Gasteiger partial charge in [0, 0.05) is 29.2 Å². The summed E-state index contributed by atoms with van der Waals surface area (Å²) in [4.78, 5) is 54.5. The molecule has 2 aromatic carbocycles. The number of carbonyl (C=O) groups excluding carboxylic acids is 4. The molecule has 0 aromatic heterocycles. The van der Waals surface area contributed by atoms with Crippen LogP contribution in [-0.2, 0) is 14.4 Å². The molecular formula is C23H23N3O4S. The molecule has 31 heavy (non-hydrogen) atoms. The van der Waals surface area contributed by atoms with Gasteiger partial charge in [-0.25, -0.2) is 0 Å². The largest absolute Gasteiger partial charge is 0.341 e. The Morgan fingerprint density at radius 3 is 2.55 bits per heavy atom. The van der Waals surface area contributed by atoms with Crippen LogP contribution in [0.1, 0.15) is 30.1 Å². The van der Waals surface area contributed by atoms with Crippen molar-refractivity contribution in [1.29, 1.82) is 0 Å². The van der Waals surface area contributed by atoms with E-state index in [0.29, 0.717) is 30.0 Å². The minimum atomic E-state index is -0.887. The Hall–Kier alpha value is -3.13. The van der Waals surface area contributed by atoms with Crippen LogP contribution in [0.4, 0.5) is 11.4 Å². The number of fused-ring (bicyclic) bond motifs is 1. The van der Waals surface area contributed by atoms with Crippen LogP contribution >= 0.6 is 11.8 Å². The molecule has 8 heteroatoms. The zero-order chi connectivity index (χ0) is 22.0. The van der Waals surface area contributed by atoms with Crippen LogP contribution in [0.5, 0.6) is 0 Å². The summed E-state index contributed by atoms with van der Waals surface area (Å²) in [7, 11) is 0. The predicted molar refractivity (Wildman–Crippen MR) is 119 cm³/mol. The molecule has 1 N–H and O–H groups in total. The van der Waals surface area contributed by atoms with Crippen molar-refractivity contribution < 1.29 is 19.2 Å². The summed E-state index contributed by atoms with van der Waals surface area (Å²) < 4.78 is 0. The van der Waals surface area contributed by atoms with Gasteiger partial charge < -0.3 is 15.1 Å². The van der Waals surface area contributed by atoms with E-state index in [4.69, 9.17) is 0 Å². The van der Waals surface area contributed by atoms with Crippen molar-refractivity contribution in [2.45, 2.75) is 29.9 Å². The van der Waals surface area contributed by atoms with Crippen molar-refractivity contribution in [3.05, 3.63) is 54.1 Å². The van der Waals surface area contributed by atoms with Crippen molar-refractivity contribution in [1.82, 2.24) is 4.90 Å². The maximum atomic E-state index is 13.3. The molecule has 1 saturated heterocycles. The van der Waals surface area contributed by atoms with E-state index in [0.717, 1.165) is 17.7 Å². The van der Waals surface area contributed by atoms with Crippen molar-refractivity contribution in [3.63, 3.8) is 0 Å². The van der Waals surface area contributed by atoms with Crippen molar-refractivity contribution in [2.24, 2.45) is 0 Å². The molecule has 0 unspecified atom stereocenters. The number of Topliss-reactive ketones (excluding diaryl/α,β-unsaturated/α-hetero) is 1. The lowest BCUT2D eigenvalue weighted by atomic mass is 10.1. The van der Waals surface area contributed by atoms with Gasteiger partial charge in [0.15, 0.2) is 11.0 Å². The minimum Gasteiger partial charge on any atom is -0.341 e. The average molecular weight is 438 g/mol. The van der Waals surface area contributed by atoms with E-state index in [9.17, 15) is 19.2 Å². The zero-order valence-corrected chi connectivity index (χ0v) is 18.0. The fourth-order valence-electron chi connectivity index (χ4n) is 3.80. The quantitative estimate of drug-likeness (QED) is 0.574. The molecular weight excluding hydrogens is 414 g/mol. The zero-order valence-electron chi connectivity index (χ0n) is 17.2. The van der Waals surface area contributed by atoms with E-state index in [-0.39, 0.29) is 24.1 Å². The molecule has 2 heterocycles. The third kappa shape index (κ3) is 4.49. The van der Waals surface area contributed by atoms with Gasteiger partial charge in [0.2, 0.25) is 11.8 Å². The summed E-state index contributed by atoms with van der Waals surface area (Å²) in [5, 5.41) is 1.86. The van der Waals surface area contributed by atoms with Gasteiger partial charge in [-0.05, 0) is 44.0 Å². The van der Waals surface area contributed by atoms with E-state index in [1.807, 2.05) is 12.1 Å². The van der Waals surface area contributed by atoms with Gasteiger partial charge in [-0.15, -0.1) is 11.8 Å². The summed E-state index contributed by atoms with van der Waals surface area (Å²) in [6.07, 6.45) is 1.89. The van der Waals surface area contributed by atoms with Crippen LogP contribution in [0.15, 0.2) is 53.4 Å². The molecule has 2 aromatic rings. The summed E-state index contributed by atoms with van der Waals surface area (Å²) in [6, 6.07) is 13.9.